The number of fused-ring (bicyclic) bond motifs is 18. The zero-order valence-corrected chi connectivity index (χ0v) is 48.2. The standard InChI is InChI=1S/C82H48N6O2/c1-10-28-68-57(19-1)58-20-2-11-29-69(58)85(68)53-41-51(42-54(47-53)86-70-30-12-3-21-59(70)60-22-4-13-31-71(60)86)79-81-80(67-46-50(38-40-78(67)90-81)49-37-39-77-66(45-49)65-27-9-18-36-76(65)89-77)84-82(83-79)52-43-55(87-72-32-14-5-23-61(72)62-24-6-15-33-73(62)87)48-56(44-52)88-74-34-16-7-25-63(74)64-26-8-17-35-75(64)88/h1-48H. The van der Waals surface area contributed by atoms with Gasteiger partial charge in [-0.05, 0) is 126 Å². The van der Waals surface area contributed by atoms with E-state index in [2.05, 4.69) is 297 Å². The summed E-state index contributed by atoms with van der Waals surface area (Å²) in [5.41, 5.74) is 21.0. The van der Waals surface area contributed by atoms with Crippen LogP contribution in [0, 0.1) is 0 Å². The van der Waals surface area contributed by atoms with Crippen molar-refractivity contribution in [2.75, 3.05) is 0 Å². The molecule has 418 valence electrons. The zero-order valence-electron chi connectivity index (χ0n) is 48.2. The molecule has 0 atom stereocenters. The van der Waals surface area contributed by atoms with Crippen LogP contribution in [0.15, 0.2) is 300 Å². The van der Waals surface area contributed by atoms with Crippen molar-refractivity contribution < 1.29 is 8.83 Å². The number of rotatable bonds is 7. The van der Waals surface area contributed by atoms with E-state index in [1.165, 1.54) is 43.1 Å². The molecule has 90 heavy (non-hydrogen) atoms. The summed E-state index contributed by atoms with van der Waals surface area (Å²) in [6.45, 7) is 0. The van der Waals surface area contributed by atoms with Crippen molar-refractivity contribution >= 4 is 131 Å². The largest absolute Gasteiger partial charge is 0.456 e. The summed E-state index contributed by atoms with van der Waals surface area (Å²) in [5.74, 6) is 0.558. The Labute approximate surface area is 513 Å². The van der Waals surface area contributed by atoms with E-state index in [0.717, 1.165) is 116 Å². The van der Waals surface area contributed by atoms with E-state index in [1.807, 2.05) is 12.1 Å². The van der Waals surface area contributed by atoms with E-state index >= 15 is 0 Å². The number of furan rings is 2. The summed E-state index contributed by atoms with van der Waals surface area (Å²) in [6.07, 6.45) is 0. The maximum atomic E-state index is 7.27. The second-order valence-corrected chi connectivity index (χ2v) is 23.7. The molecule has 0 saturated heterocycles. The van der Waals surface area contributed by atoms with Gasteiger partial charge in [0.15, 0.2) is 11.4 Å². The number of para-hydroxylation sites is 9. The first-order valence-electron chi connectivity index (χ1n) is 30.5. The van der Waals surface area contributed by atoms with Crippen LogP contribution in [0.5, 0.6) is 0 Å². The minimum absolute atomic E-state index is 0.558. The van der Waals surface area contributed by atoms with Gasteiger partial charge in [0, 0.05) is 93.1 Å². The molecule has 0 radical (unpaired) electrons. The van der Waals surface area contributed by atoms with E-state index < -0.39 is 0 Å². The molecule has 8 nitrogen and oxygen atoms in total. The van der Waals surface area contributed by atoms with Gasteiger partial charge in [0.25, 0.3) is 0 Å². The van der Waals surface area contributed by atoms with Crippen molar-refractivity contribution in [3.05, 3.63) is 291 Å². The predicted molar refractivity (Wildman–Crippen MR) is 370 cm³/mol. The van der Waals surface area contributed by atoms with Crippen LogP contribution < -0.4 is 0 Å². The Bertz CT molecular complexity index is 5960. The summed E-state index contributed by atoms with van der Waals surface area (Å²) in [7, 11) is 0. The van der Waals surface area contributed by atoms with Gasteiger partial charge in [-0.3, -0.25) is 0 Å². The Hall–Kier alpha value is -12.3. The molecule has 0 fully saturated rings. The van der Waals surface area contributed by atoms with Crippen LogP contribution >= 0.6 is 0 Å². The molecule has 0 amide bonds. The Morgan fingerprint density at radius 3 is 0.922 bits per heavy atom. The van der Waals surface area contributed by atoms with Gasteiger partial charge >= 0.3 is 0 Å². The number of aromatic nitrogens is 6. The average Bonchev–Trinajstić information content (AvgIpc) is 1.58. The van der Waals surface area contributed by atoms with Gasteiger partial charge in [0.05, 0.1) is 44.1 Å². The van der Waals surface area contributed by atoms with Crippen LogP contribution in [-0.4, -0.2) is 28.2 Å². The van der Waals surface area contributed by atoms with E-state index in [-0.39, 0.29) is 0 Å². The summed E-state index contributed by atoms with van der Waals surface area (Å²) in [6, 6.07) is 105. The van der Waals surface area contributed by atoms with E-state index in [4.69, 9.17) is 18.8 Å². The molecule has 0 unspecified atom stereocenters. The Morgan fingerprint density at radius 2 is 0.533 bits per heavy atom. The fourth-order valence-corrected chi connectivity index (χ4v) is 14.8. The molecule has 0 spiro atoms. The highest BCUT2D eigenvalue weighted by molar-refractivity contribution is 6.15. The lowest BCUT2D eigenvalue weighted by atomic mass is 10.0. The van der Waals surface area contributed by atoms with E-state index in [0.29, 0.717) is 28.2 Å². The Morgan fingerprint density at radius 1 is 0.222 bits per heavy atom. The molecule has 8 heteroatoms. The lowest BCUT2D eigenvalue weighted by Crippen LogP contribution is -2.03. The fraction of sp³-hybridized carbons (Fsp3) is 0. The van der Waals surface area contributed by atoms with Gasteiger partial charge in [0.1, 0.15) is 28.0 Å². The monoisotopic (exact) mass is 1150 g/mol. The first-order chi connectivity index (χ1) is 44.6. The van der Waals surface area contributed by atoms with Crippen molar-refractivity contribution in [3.63, 3.8) is 0 Å². The predicted octanol–water partition coefficient (Wildman–Crippen LogP) is 21.7. The molecular formula is C82H48N6O2. The van der Waals surface area contributed by atoms with Crippen LogP contribution in [0.25, 0.3) is 188 Å². The highest BCUT2D eigenvalue weighted by Gasteiger charge is 2.25. The molecule has 0 N–H and O–H groups in total. The average molecular weight is 1150 g/mol. The number of benzene rings is 13. The lowest BCUT2D eigenvalue weighted by Gasteiger charge is -2.17. The van der Waals surface area contributed by atoms with Crippen molar-refractivity contribution in [2.24, 2.45) is 0 Å². The minimum atomic E-state index is 0.558. The minimum Gasteiger partial charge on any atom is -0.456 e. The van der Waals surface area contributed by atoms with Gasteiger partial charge in [-0.25, -0.2) is 9.97 Å². The second kappa shape index (κ2) is 18.6. The number of hydrogen-bond acceptors (Lipinski definition) is 4. The molecule has 20 rings (SSSR count). The maximum Gasteiger partial charge on any atom is 0.180 e. The molecular weight excluding hydrogens is 1100 g/mol. The molecule has 0 saturated carbocycles. The third kappa shape index (κ3) is 7.06. The third-order valence-corrected chi connectivity index (χ3v) is 18.7. The summed E-state index contributed by atoms with van der Waals surface area (Å²) in [4.78, 5) is 11.7. The van der Waals surface area contributed by atoms with E-state index in [1.54, 1.807) is 0 Å². The highest BCUT2D eigenvalue weighted by Crippen LogP contribution is 2.44. The molecule has 0 aliphatic rings. The van der Waals surface area contributed by atoms with E-state index in [9.17, 15) is 0 Å². The third-order valence-electron chi connectivity index (χ3n) is 18.7. The van der Waals surface area contributed by atoms with Crippen molar-refractivity contribution in [2.45, 2.75) is 0 Å². The van der Waals surface area contributed by atoms with Gasteiger partial charge < -0.3 is 27.1 Å². The topological polar surface area (TPSA) is 71.8 Å². The highest BCUT2D eigenvalue weighted by atomic mass is 16.3. The lowest BCUT2D eigenvalue weighted by molar-refractivity contribution is 0.667. The number of nitrogens with zero attached hydrogens (tertiary/aromatic N) is 6. The van der Waals surface area contributed by atoms with Crippen LogP contribution in [0.3, 0.4) is 0 Å². The molecule has 0 bridgehead atoms. The second-order valence-electron chi connectivity index (χ2n) is 23.7. The van der Waals surface area contributed by atoms with Crippen molar-refractivity contribution in [3.8, 4) is 56.5 Å². The van der Waals surface area contributed by atoms with Gasteiger partial charge in [0.2, 0.25) is 0 Å². The first-order valence-corrected chi connectivity index (χ1v) is 30.5. The van der Waals surface area contributed by atoms with Crippen LogP contribution in [0.4, 0.5) is 0 Å². The van der Waals surface area contributed by atoms with Crippen LogP contribution in [0.2, 0.25) is 0 Å². The van der Waals surface area contributed by atoms with Gasteiger partial charge in [-0.15, -0.1) is 0 Å². The summed E-state index contributed by atoms with van der Waals surface area (Å²) >= 11 is 0. The first kappa shape index (κ1) is 48.9. The smallest absolute Gasteiger partial charge is 0.180 e. The van der Waals surface area contributed by atoms with Gasteiger partial charge in [-0.2, -0.15) is 0 Å². The van der Waals surface area contributed by atoms with Crippen LogP contribution in [-0.2, 0) is 0 Å². The zero-order chi connectivity index (χ0) is 58.7. The quantitative estimate of drug-likeness (QED) is 0.159. The Kier molecular flexibility index (Phi) is 10.1. The molecule has 20 aromatic rings. The molecule has 7 aromatic heterocycles. The molecule has 7 heterocycles. The normalized spacial score (nSPS) is 12.2. The fourth-order valence-electron chi connectivity index (χ4n) is 14.8. The SMILES string of the molecule is c1ccc2c(c1)oc1ccc(-c3ccc4oc5c(-c6cc(-n7c8ccccc8c8ccccc87)cc(-n7c8ccccc8c8ccccc87)c6)nc(-c6cc(-n7c8ccccc8c8ccccc87)cc(-n7c8ccccc8c8ccccc87)c6)nc5c4c3)cc12. The molecule has 0 aliphatic heterocycles. The molecule has 0 aliphatic carbocycles. The maximum absolute atomic E-state index is 7.27. The molecule has 13 aromatic carbocycles. The van der Waals surface area contributed by atoms with Crippen molar-refractivity contribution in [1.82, 2.24) is 28.2 Å². The summed E-state index contributed by atoms with van der Waals surface area (Å²) < 4.78 is 23.2. The summed E-state index contributed by atoms with van der Waals surface area (Å²) in [5, 5.41) is 12.5. The van der Waals surface area contributed by atoms with Crippen molar-refractivity contribution in [1.29, 1.82) is 0 Å². The number of hydrogen-bond donors (Lipinski definition) is 0. The van der Waals surface area contributed by atoms with Gasteiger partial charge in [-0.1, -0.05) is 176 Å². The Balaban J connectivity index is 0.910. The van der Waals surface area contributed by atoms with Crippen LogP contribution in [0.1, 0.15) is 0 Å².